The Hall–Kier alpha value is -1.93. The summed E-state index contributed by atoms with van der Waals surface area (Å²) in [6.07, 6.45) is 6.13. The highest BCUT2D eigenvalue weighted by molar-refractivity contribution is 7.15. The number of hydrogen-bond donors (Lipinski definition) is 1. The van der Waals surface area contributed by atoms with Crippen LogP contribution < -0.4 is 5.32 Å². The Morgan fingerprint density at radius 1 is 1.44 bits per heavy atom. The van der Waals surface area contributed by atoms with Gasteiger partial charge in [-0.2, -0.15) is 0 Å². The van der Waals surface area contributed by atoms with Gasteiger partial charge < -0.3 is 5.32 Å². The van der Waals surface area contributed by atoms with Gasteiger partial charge in [-0.25, -0.2) is 19.3 Å². The van der Waals surface area contributed by atoms with Crippen molar-refractivity contribution < 1.29 is 9.18 Å². The second-order valence-corrected chi connectivity index (χ2v) is 7.60. The van der Waals surface area contributed by atoms with Crippen molar-refractivity contribution in [3.8, 4) is 0 Å². The number of carbonyl (C=O) groups is 1. The zero-order valence-electron chi connectivity index (χ0n) is 14.5. The summed E-state index contributed by atoms with van der Waals surface area (Å²) in [4.78, 5) is 27.2. The zero-order valence-corrected chi connectivity index (χ0v) is 15.3. The molecule has 0 unspecified atom stereocenters. The van der Waals surface area contributed by atoms with Gasteiger partial charge in [-0.05, 0) is 32.2 Å². The zero-order chi connectivity index (χ0) is 17.8. The molecule has 0 spiro atoms. The summed E-state index contributed by atoms with van der Waals surface area (Å²) in [5.74, 6) is 0.737. The second-order valence-electron chi connectivity index (χ2n) is 6.48. The number of aryl methyl sites for hydroxylation is 1. The molecule has 1 N–H and O–H groups in total. The fraction of sp³-hybridized carbons (Fsp3) is 0.529. The number of piperidine rings is 1. The Kier molecular flexibility index (Phi) is 5.70. The summed E-state index contributed by atoms with van der Waals surface area (Å²) in [7, 11) is 0. The Balaban J connectivity index is 1.56. The molecule has 0 saturated carbocycles. The van der Waals surface area contributed by atoms with Crippen molar-refractivity contribution in [3.05, 3.63) is 34.6 Å². The van der Waals surface area contributed by atoms with Gasteiger partial charge in [0.2, 0.25) is 5.91 Å². The van der Waals surface area contributed by atoms with Gasteiger partial charge in [0.25, 0.3) is 0 Å². The quantitative estimate of drug-likeness (QED) is 0.884. The standard InChI is InChI=1S/C17H22FN5OS/c1-11-15(18)8-19-16(21-11)6-13-4-3-5-23(9-13)10-14-7-20-17(25-14)22-12(2)24/h7-8,13H,3-6,9-10H2,1-2H3,(H,20,22,24)/t13-/m1/s1. The highest BCUT2D eigenvalue weighted by Gasteiger charge is 2.22. The van der Waals surface area contributed by atoms with Crippen molar-refractivity contribution in [1.82, 2.24) is 19.9 Å². The molecule has 3 rings (SSSR count). The number of thiazole rings is 1. The molecule has 6 nitrogen and oxygen atoms in total. The average Bonchev–Trinajstić information content (AvgIpc) is 2.97. The molecule has 134 valence electrons. The van der Waals surface area contributed by atoms with Gasteiger partial charge in [0, 0.05) is 37.5 Å². The molecule has 1 amide bonds. The molecule has 0 aromatic carbocycles. The Morgan fingerprint density at radius 2 is 2.28 bits per heavy atom. The van der Waals surface area contributed by atoms with Crippen molar-refractivity contribution in [2.24, 2.45) is 5.92 Å². The van der Waals surface area contributed by atoms with Crippen LogP contribution in [-0.4, -0.2) is 38.8 Å². The van der Waals surface area contributed by atoms with Crippen LogP contribution in [0, 0.1) is 18.7 Å². The summed E-state index contributed by atoms with van der Waals surface area (Å²) in [6.45, 7) is 6.00. The van der Waals surface area contributed by atoms with Crippen molar-refractivity contribution >= 4 is 22.4 Å². The third-order valence-corrected chi connectivity index (χ3v) is 5.16. The molecule has 0 aliphatic carbocycles. The number of rotatable bonds is 5. The van der Waals surface area contributed by atoms with Crippen LogP contribution in [0.25, 0.3) is 0 Å². The Morgan fingerprint density at radius 3 is 3.04 bits per heavy atom. The maximum Gasteiger partial charge on any atom is 0.223 e. The number of carbonyl (C=O) groups excluding carboxylic acids is 1. The SMILES string of the molecule is CC(=O)Nc1ncc(CN2CCC[C@H](Cc3ncc(F)c(C)n3)C2)s1. The minimum absolute atomic E-state index is 0.103. The summed E-state index contributed by atoms with van der Waals surface area (Å²) >= 11 is 1.51. The molecule has 1 fully saturated rings. The minimum atomic E-state index is -0.353. The highest BCUT2D eigenvalue weighted by atomic mass is 32.1. The van der Waals surface area contributed by atoms with E-state index in [0.717, 1.165) is 49.6 Å². The number of hydrogen-bond acceptors (Lipinski definition) is 6. The van der Waals surface area contributed by atoms with Gasteiger partial charge >= 0.3 is 0 Å². The van der Waals surface area contributed by atoms with Crippen LogP contribution in [0.3, 0.4) is 0 Å². The minimum Gasteiger partial charge on any atom is -0.302 e. The predicted octanol–water partition coefficient (Wildman–Crippen LogP) is 2.79. The van der Waals surface area contributed by atoms with E-state index in [9.17, 15) is 9.18 Å². The third kappa shape index (κ3) is 5.02. The van der Waals surface area contributed by atoms with Crippen LogP contribution in [-0.2, 0) is 17.8 Å². The summed E-state index contributed by atoms with van der Waals surface area (Å²) in [5, 5.41) is 3.36. The van der Waals surface area contributed by atoms with E-state index in [1.54, 1.807) is 6.92 Å². The van der Waals surface area contributed by atoms with Crippen LogP contribution in [0.5, 0.6) is 0 Å². The first kappa shape index (κ1) is 17.9. The molecule has 1 aliphatic rings. The van der Waals surface area contributed by atoms with E-state index in [-0.39, 0.29) is 11.7 Å². The van der Waals surface area contributed by atoms with Crippen LogP contribution in [0.15, 0.2) is 12.4 Å². The maximum absolute atomic E-state index is 13.3. The van der Waals surface area contributed by atoms with Gasteiger partial charge in [0.15, 0.2) is 10.9 Å². The lowest BCUT2D eigenvalue weighted by Gasteiger charge is -2.32. The lowest BCUT2D eigenvalue weighted by Crippen LogP contribution is -2.35. The van der Waals surface area contributed by atoms with Gasteiger partial charge in [-0.3, -0.25) is 9.69 Å². The molecular weight excluding hydrogens is 341 g/mol. The van der Waals surface area contributed by atoms with Gasteiger partial charge in [-0.15, -0.1) is 11.3 Å². The van der Waals surface area contributed by atoms with Crippen LogP contribution in [0.1, 0.15) is 36.2 Å². The van der Waals surface area contributed by atoms with Crippen molar-refractivity contribution in [3.63, 3.8) is 0 Å². The average molecular weight is 363 g/mol. The number of aromatic nitrogens is 3. The first-order chi connectivity index (χ1) is 12.0. The van der Waals surface area contributed by atoms with E-state index >= 15 is 0 Å². The number of nitrogens with zero attached hydrogens (tertiary/aromatic N) is 4. The normalized spacial score (nSPS) is 18.3. The van der Waals surface area contributed by atoms with E-state index in [1.165, 1.54) is 24.5 Å². The smallest absolute Gasteiger partial charge is 0.223 e. The van der Waals surface area contributed by atoms with E-state index in [0.29, 0.717) is 16.7 Å². The molecule has 1 aliphatic heterocycles. The highest BCUT2D eigenvalue weighted by Crippen LogP contribution is 2.24. The molecule has 1 saturated heterocycles. The molecular formula is C17H22FN5OS. The maximum atomic E-state index is 13.3. The molecule has 2 aromatic rings. The lowest BCUT2D eigenvalue weighted by atomic mass is 9.94. The van der Waals surface area contributed by atoms with Crippen molar-refractivity contribution in [2.75, 3.05) is 18.4 Å². The van der Waals surface area contributed by atoms with Gasteiger partial charge in [0.1, 0.15) is 5.82 Å². The second kappa shape index (κ2) is 7.97. The largest absolute Gasteiger partial charge is 0.302 e. The van der Waals surface area contributed by atoms with Crippen LogP contribution >= 0.6 is 11.3 Å². The monoisotopic (exact) mass is 363 g/mol. The topological polar surface area (TPSA) is 71.0 Å². The third-order valence-electron chi connectivity index (χ3n) is 4.26. The van der Waals surface area contributed by atoms with Crippen molar-refractivity contribution in [1.29, 1.82) is 0 Å². The summed E-state index contributed by atoms with van der Waals surface area (Å²) in [6, 6.07) is 0. The van der Waals surface area contributed by atoms with E-state index < -0.39 is 0 Å². The van der Waals surface area contributed by atoms with E-state index in [2.05, 4.69) is 25.2 Å². The summed E-state index contributed by atoms with van der Waals surface area (Å²) < 4.78 is 13.3. The molecule has 0 bridgehead atoms. The number of likely N-dealkylation sites (tertiary alicyclic amines) is 1. The fourth-order valence-electron chi connectivity index (χ4n) is 3.13. The first-order valence-electron chi connectivity index (χ1n) is 8.42. The molecule has 3 heterocycles. The fourth-order valence-corrected chi connectivity index (χ4v) is 4.03. The number of amides is 1. The van der Waals surface area contributed by atoms with Gasteiger partial charge in [-0.1, -0.05) is 0 Å². The van der Waals surface area contributed by atoms with Crippen LogP contribution in [0.2, 0.25) is 0 Å². The number of nitrogens with one attached hydrogen (secondary N) is 1. The predicted molar refractivity (Wildman–Crippen MR) is 94.8 cm³/mol. The van der Waals surface area contributed by atoms with Gasteiger partial charge in [0.05, 0.1) is 11.9 Å². The lowest BCUT2D eigenvalue weighted by molar-refractivity contribution is -0.114. The first-order valence-corrected chi connectivity index (χ1v) is 9.24. The summed E-state index contributed by atoms with van der Waals surface area (Å²) in [5.41, 5.74) is 0.410. The Labute approximate surface area is 150 Å². The van der Waals surface area contributed by atoms with Crippen molar-refractivity contribution in [2.45, 2.75) is 39.7 Å². The Bertz CT molecular complexity index is 750. The van der Waals surface area contributed by atoms with E-state index in [1.807, 2.05) is 6.20 Å². The number of anilines is 1. The molecule has 1 atom stereocenters. The molecule has 8 heteroatoms. The molecule has 25 heavy (non-hydrogen) atoms. The molecule has 2 aromatic heterocycles. The molecule has 0 radical (unpaired) electrons. The van der Waals surface area contributed by atoms with Crippen LogP contribution in [0.4, 0.5) is 9.52 Å². The van der Waals surface area contributed by atoms with E-state index in [4.69, 9.17) is 0 Å². The number of halogens is 1.